The first kappa shape index (κ1) is 11.2. The van der Waals surface area contributed by atoms with Crippen LogP contribution in [0.4, 0.5) is 11.6 Å². The Kier molecular flexibility index (Phi) is 3.27. The van der Waals surface area contributed by atoms with Crippen molar-refractivity contribution in [1.82, 2.24) is 9.97 Å². The molecule has 1 aliphatic carbocycles. The Balaban J connectivity index is 2.11. The molecule has 1 fully saturated rings. The van der Waals surface area contributed by atoms with Crippen molar-refractivity contribution < 1.29 is 0 Å². The molecule has 0 aliphatic heterocycles. The molecule has 2 atom stereocenters. The van der Waals surface area contributed by atoms with E-state index in [-0.39, 0.29) is 0 Å². The number of anilines is 2. The smallest absolute Gasteiger partial charge is 0.132 e. The van der Waals surface area contributed by atoms with Crippen LogP contribution in [0.3, 0.4) is 0 Å². The lowest BCUT2D eigenvalue weighted by Crippen LogP contribution is -2.23. The molecule has 0 bridgehead atoms. The molecular weight excluding hydrogens is 200 g/mol. The van der Waals surface area contributed by atoms with E-state index >= 15 is 0 Å². The van der Waals surface area contributed by atoms with Gasteiger partial charge in [0, 0.05) is 18.5 Å². The second-order valence-electron chi connectivity index (χ2n) is 4.61. The maximum Gasteiger partial charge on any atom is 0.132 e. The highest BCUT2D eigenvalue weighted by Crippen LogP contribution is 2.27. The Bertz CT molecular complexity index is 364. The maximum atomic E-state index is 5.75. The minimum Gasteiger partial charge on any atom is -0.384 e. The van der Waals surface area contributed by atoms with E-state index in [0.29, 0.717) is 11.9 Å². The van der Waals surface area contributed by atoms with Crippen LogP contribution in [0.25, 0.3) is 0 Å². The van der Waals surface area contributed by atoms with Crippen LogP contribution in [0.5, 0.6) is 0 Å². The fraction of sp³-hybridized carbons (Fsp3) is 0.667. The van der Waals surface area contributed by atoms with Crippen molar-refractivity contribution in [3.63, 3.8) is 0 Å². The van der Waals surface area contributed by atoms with E-state index in [1.54, 1.807) is 0 Å². The summed E-state index contributed by atoms with van der Waals surface area (Å²) in [6.07, 6.45) is 4.66. The van der Waals surface area contributed by atoms with E-state index in [1.807, 2.05) is 13.0 Å². The van der Waals surface area contributed by atoms with Gasteiger partial charge in [0.1, 0.15) is 17.5 Å². The second-order valence-corrected chi connectivity index (χ2v) is 4.61. The van der Waals surface area contributed by atoms with Crippen LogP contribution in [0, 0.1) is 5.92 Å². The van der Waals surface area contributed by atoms with Crippen molar-refractivity contribution >= 4 is 11.6 Å². The van der Waals surface area contributed by atoms with Gasteiger partial charge in [0.15, 0.2) is 0 Å². The van der Waals surface area contributed by atoms with Gasteiger partial charge in [-0.2, -0.15) is 0 Å². The Labute approximate surface area is 96.7 Å². The molecule has 0 amide bonds. The predicted molar refractivity (Wildman–Crippen MR) is 66.2 cm³/mol. The normalized spacial score (nSPS) is 24.6. The Morgan fingerprint density at radius 3 is 2.88 bits per heavy atom. The van der Waals surface area contributed by atoms with Gasteiger partial charge in [-0.25, -0.2) is 9.97 Å². The molecule has 0 spiro atoms. The fourth-order valence-electron chi connectivity index (χ4n) is 2.30. The summed E-state index contributed by atoms with van der Waals surface area (Å²) in [4.78, 5) is 8.62. The summed E-state index contributed by atoms with van der Waals surface area (Å²) in [7, 11) is 0. The topological polar surface area (TPSA) is 63.8 Å². The Hall–Kier alpha value is -1.32. The highest BCUT2D eigenvalue weighted by Gasteiger charge is 2.23. The molecule has 1 aliphatic rings. The first-order chi connectivity index (χ1) is 7.69. The molecule has 3 N–H and O–H groups in total. The van der Waals surface area contributed by atoms with E-state index in [0.717, 1.165) is 24.0 Å². The van der Waals surface area contributed by atoms with Gasteiger partial charge >= 0.3 is 0 Å². The van der Waals surface area contributed by atoms with E-state index in [2.05, 4.69) is 22.2 Å². The number of aromatic nitrogens is 2. The van der Waals surface area contributed by atoms with Gasteiger partial charge < -0.3 is 11.1 Å². The molecular formula is C12H20N4. The molecule has 16 heavy (non-hydrogen) atoms. The van der Waals surface area contributed by atoms with Crippen LogP contribution in [0.2, 0.25) is 0 Å². The van der Waals surface area contributed by atoms with Gasteiger partial charge in [-0.1, -0.05) is 20.3 Å². The fourth-order valence-corrected chi connectivity index (χ4v) is 2.30. The second kappa shape index (κ2) is 4.68. The van der Waals surface area contributed by atoms with Crippen molar-refractivity contribution in [3.05, 3.63) is 11.9 Å². The van der Waals surface area contributed by atoms with Crippen LogP contribution < -0.4 is 11.1 Å². The first-order valence-corrected chi connectivity index (χ1v) is 6.09. The summed E-state index contributed by atoms with van der Waals surface area (Å²) in [5, 5.41) is 3.48. The molecule has 0 aromatic carbocycles. The molecule has 4 nitrogen and oxygen atoms in total. The van der Waals surface area contributed by atoms with E-state index < -0.39 is 0 Å². The van der Waals surface area contributed by atoms with E-state index in [4.69, 9.17) is 5.73 Å². The third kappa shape index (κ3) is 2.43. The lowest BCUT2D eigenvalue weighted by atomic mass is 10.1. The Morgan fingerprint density at radius 1 is 1.44 bits per heavy atom. The summed E-state index contributed by atoms with van der Waals surface area (Å²) in [6.45, 7) is 4.33. The van der Waals surface area contributed by atoms with Crippen molar-refractivity contribution in [2.24, 2.45) is 5.92 Å². The molecule has 1 aromatic rings. The van der Waals surface area contributed by atoms with E-state index in [1.165, 1.54) is 19.3 Å². The monoisotopic (exact) mass is 220 g/mol. The minimum absolute atomic E-state index is 0.541. The van der Waals surface area contributed by atoms with Crippen LogP contribution in [-0.2, 0) is 6.42 Å². The van der Waals surface area contributed by atoms with Gasteiger partial charge in [0.2, 0.25) is 0 Å². The van der Waals surface area contributed by atoms with Crippen LogP contribution >= 0.6 is 0 Å². The quantitative estimate of drug-likeness (QED) is 0.819. The average molecular weight is 220 g/mol. The molecule has 88 valence electrons. The van der Waals surface area contributed by atoms with Crippen LogP contribution in [0.1, 0.15) is 38.9 Å². The molecule has 1 aromatic heterocycles. The molecule has 2 rings (SSSR count). The molecule has 2 unspecified atom stereocenters. The lowest BCUT2D eigenvalue weighted by molar-refractivity contribution is 0.554. The molecule has 0 radical (unpaired) electrons. The largest absolute Gasteiger partial charge is 0.384 e. The van der Waals surface area contributed by atoms with Crippen LogP contribution in [0.15, 0.2) is 6.07 Å². The van der Waals surface area contributed by atoms with Crippen molar-refractivity contribution in [3.8, 4) is 0 Å². The average Bonchev–Trinajstić information content (AvgIpc) is 2.63. The summed E-state index contributed by atoms with van der Waals surface area (Å²) >= 11 is 0. The third-order valence-corrected chi connectivity index (χ3v) is 3.30. The van der Waals surface area contributed by atoms with Gasteiger partial charge in [0.25, 0.3) is 0 Å². The summed E-state index contributed by atoms with van der Waals surface area (Å²) < 4.78 is 0. The minimum atomic E-state index is 0.541. The lowest BCUT2D eigenvalue weighted by Gasteiger charge is -2.18. The molecule has 4 heteroatoms. The number of nitrogens with zero attached hydrogens (tertiary/aromatic N) is 2. The van der Waals surface area contributed by atoms with Crippen molar-refractivity contribution in [2.45, 2.75) is 45.6 Å². The number of nitrogens with two attached hydrogens (primary N) is 1. The SMILES string of the molecule is CCc1nc(N)cc(NC2CCCC2C)n1. The highest BCUT2D eigenvalue weighted by atomic mass is 15.1. The zero-order chi connectivity index (χ0) is 11.5. The zero-order valence-electron chi connectivity index (χ0n) is 10.0. The van der Waals surface area contributed by atoms with Gasteiger partial charge in [-0.15, -0.1) is 0 Å². The number of nitrogens with one attached hydrogen (secondary N) is 1. The number of aryl methyl sites for hydroxylation is 1. The van der Waals surface area contributed by atoms with Gasteiger partial charge in [0.05, 0.1) is 0 Å². The van der Waals surface area contributed by atoms with Gasteiger partial charge in [-0.05, 0) is 18.8 Å². The van der Waals surface area contributed by atoms with Gasteiger partial charge in [-0.3, -0.25) is 0 Å². The standard InChI is InChI=1S/C12H20N4/c1-3-11-15-10(13)7-12(16-11)14-9-6-4-5-8(9)2/h7-9H,3-6H2,1-2H3,(H3,13,14,15,16). The summed E-state index contributed by atoms with van der Waals surface area (Å²) in [5.74, 6) is 2.97. The van der Waals surface area contributed by atoms with Crippen molar-refractivity contribution in [1.29, 1.82) is 0 Å². The zero-order valence-corrected chi connectivity index (χ0v) is 10.0. The number of hydrogen-bond donors (Lipinski definition) is 2. The molecule has 1 heterocycles. The predicted octanol–water partition coefficient (Wildman–Crippen LogP) is 2.22. The first-order valence-electron chi connectivity index (χ1n) is 6.09. The molecule has 1 saturated carbocycles. The summed E-state index contributed by atoms with van der Waals surface area (Å²) in [6, 6.07) is 2.36. The third-order valence-electron chi connectivity index (χ3n) is 3.30. The molecule has 0 saturated heterocycles. The maximum absolute atomic E-state index is 5.75. The summed E-state index contributed by atoms with van der Waals surface area (Å²) in [5.41, 5.74) is 5.75. The number of hydrogen-bond acceptors (Lipinski definition) is 4. The highest BCUT2D eigenvalue weighted by molar-refractivity contribution is 5.45. The van der Waals surface area contributed by atoms with E-state index in [9.17, 15) is 0 Å². The Morgan fingerprint density at radius 2 is 2.25 bits per heavy atom. The van der Waals surface area contributed by atoms with Crippen molar-refractivity contribution in [2.75, 3.05) is 11.1 Å². The number of rotatable bonds is 3. The number of nitrogen functional groups attached to an aromatic ring is 1. The van der Waals surface area contributed by atoms with Crippen LogP contribution in [-0.4, -0.2) is 16.0 Å².